The molecule has 0 aliphatic carbocycles. The summed E-state index contributed by atoms with van der Waals surface area (Å²) >= 11 is 11.2. The fraction of sp³-hybridized carbons (Fsp3) is 0.500. The first-order valence-electron chi connectivity index (χ1n) is 6.42. The molecule has 118 valence electrons. The van der Waals surface area contributed by atoms with Crippen LogP contribution in [0.3, 0.4) is 0 Å². The maximum Gasteiger partial charge on any atom is 0.387 e. The van der Waals surface area contributed by atoms with E-state index in [1.54, 1.807) is 6.07 Å². The maximum atomic E-state index is 12.4. The zero-order chi connectivity index (χ0) is 16.2. The van der Waals surface area contributed by atoms with Crippen molar-refractivity contribution < 1.29 is 13.5 Å². The van der Waals surface area contributed by atoms with E-state index in [2.05, 4.69) is 36.1 Å². The summed E-state index contributed by atoms with van der Waals surface area (Å²) in [4.78, 5) is 0. The lowest BCUT2D eigenvalue weighted by molar-refractivity contribution is -0.0493. The summed E-state index contributed by atoms with van der Waals surface area (Å²) in [7, 11) is 0. The number of para-hydroxylation sites is 1. The van der Waals surface area contributed by atoms with Gasteiger partial charge in [0.05, 0.1) is 5.02 Å². The van der Waals surface area contributed by atoms with Crippen LogP contribution < -0.4 is 15.4 Å². The molecule has 0 radical (unpaired) electrons. The maximum absolute atomic E-state index is 12.4. The SMILES string of the molecule is C[C@H](NC(=S)Nc1c(Cl)cccc1OC(F)F)C(C)(C)C. The van der Waals surface area contributed by atoms with Crippen molar-refractivity contribution in [2.24, 2.45) is 5.41 Å². The fourth-order valence-electron chi connectivity index (χ4n) is 1.38. The summed E-state index contributed by atoms with van der Waals surface area (Å²) in [5, 5.41) is 6.46. The molecule has 0 amide bonds. The summed E-state index contributed by atoms with van der Waals surface area (Å²) < 4.78 is 29.2. The number of benzene rings is 1. The number of rotatable bonds is 4. The number of nitrogens with one attached hydrogen (secondary N) is 2. The standard InChI is InChI=1S/C14H19ClF2N2OS/c1-8(14(2,3)4)18-13(21)19-11-9(15)6-5-7-10(11)20-12(16)17/h5-8,12H,1-4H3,(H2,18,19,21)/t8-/m0/s1. The molecule has 1 aromatic rings. The highest BCUT2D eigenvalue weighted by atomic mass is 35.5. The fourth-order valence-corrected chi connectivity index (χ4v) is 1.87. The van der Waals surface area contributed by atoms with Crippen LogP contribution in [0.2, 0.25) is 5.02 Å². The first-order chi connectivity index (χ1) is 9.61. The molecule has 0 spiro atoms. The molecule has 0 aliphatic heterocycles. The van der Waals surface area contributed by atoms with Gasteiger partial charge in [-0.1, -0.05) is 38.4 Å². The van der Waals surface area contributed by atoms with E-state index in [4.69, 9.17) is 23.8 Å². The van der Waals surface area contributed by atoms with Crippen LogP contribution in [0.1, 0.15) is 27.7 Å². The Labute approximate surface area is 134 Å². The molecule has 0 saturated heterocycles. The topological polar surface area (TPSA) is 33.3 Å². The zero-order valence-corrected chi connectivity index (χ0v) is 13.9. The second-order valence-electron chi connectivity index (χ2n) is 5.68. The Bertz CT molecular complexity index is 506. The molecular formula is C14H19ClF2N2OS. The van der Waals surface area contributed by atoms with Gasteiger partial charge in [0.15, 0.2) is 10.9 Å². The van der Waals surface area contributed by atoms with Gasteiger partial charge in [0.25, 0.3) is 0 Å². The average molecular weight is 337 g/mol. The Morgan fingerprint density at radius 2 is 1.95 bits per heavy atom. The van der Waals surface area contributed by atoms with Crippen molar-refractivity contribution in [2.45, 2.75) is 40.3 Å². The van der Waals surface area contributed by atoms with Crippen molar-refractivity contribution in [3.63, 3.8) is 0 Å². The van der Waals surface area contributed by atoms with Crippen molar-refractivity contribution in [2.75, 3.05) is 5.32 Å². The molecule has 2 N–H and O–H groups in total. The minimum Gasteiger partial charge on any atom is -0.433 e. The van der Waals surface area contributed by atoms with Crippen molar-refractivity contribution in [3.05, 3.63) is 23.2 Å². The van der Waals surface area contributed by atoms with Gasteiger partial charge in [0, 0.05) is 6.04 Å². The average Bonchev–Trinajstić information content (AvgIpc) is 2.31. The highest BCUT2D eigenvalue weighted by molar-refractivity contribution is 7.80. The first-order valence-corrected chi connectivity index (χ1v) is 7.20. The summed E-state index contributed by atoms with van der Waals surface area (Å²) in [6, 6.07) is 4.58. The molecule has 0 heterocycles. The molecular weight excluding hydrogens is 318 g/mol. The van der Waals surface area contributed by atoms with E-state index in [1.165, 1.54) is 12.1 Å². The Kier molecular flexibility index (Phi) is 6.16. The predicted molar refractivity (Wildman–Crippen MR) is 86.4 cm³/mol. The van der Waals surface area contributed by atoms with E-state index in [9.17, 15) is 8.78 Å². The molecule has 1 aromatic carbocycles. The van der Waals surface area contributed by atoms with Gasteiger partial charge >= 0.3 is 6.61 Å². The van der Waals surface area contributed by atoms with Crippen LogP contribution in [0, 0.1) is 5.41 Å². The number of hydrogen-bond donors (Lipinski definition) is 2. The van der Waals surface area contributed by atoms with Crippen molar-refractivity contribution >= 4 is 34.6 Å². The molecule has 0 bridgehead atoms. The molecule has 1 atom stereocenters. The van der Waals surface area contributed by atoms with Gasteiger partial charge in [0.2, 0.25) is 0 Å². The molecule has 0 saturated carbocycles. The smallest absolute Gasteiger partial charge is 0.387 e. The largest absolute Gasteiger partial charge is 0.433 e. The minimum absolute atomic E-state index is 0.00543. The van der Waals surface area contributed by atoms with E-state index >= 15 is 0 Å². The monoisotopic (exact) mass is 336 g/mol. The Morgan fingerprint density at radius 3 is 2.48 bits per heavy atom. The van der Waals surface area contributed by atoms with E-state index < -0.39 is 6.61 Å². The molecule has 3 nitrogen and oxygen atoms in total. The highest BCUT2D eigenvalue weighted by Gasteiger charge is 2.21. The molecule has 0 aliphatic rings. The van der Waals surface area contributed by atoms with Gasteiger partial charge in [-0.15, -0.1) is 0 Å². The van der Waals surface area contributed by atoms with Gasteiger partial charge < -0.3 is 15.4 Å². The number of alkyl halides is 2. The summed E-state index contributed by atoms with van der Waals surface area (Å²) in [5.41, 5.74) is 0.215. The number of halogens is 3. The third-order valence-electron chi connectivity index (χ3n) is 3.08. The predicted octanol–water partition coefficient (Wildman–Crippen LogP) is 4.66. The van der Waals surface area contributed by atoms with Crippen LogP contribution in [-0.4, -0.2) is 17.8 Å². The van der Waals surface area contributed by atoms with Crippen LogP contribution in [0.15, 0.2) is 18.2 Å². The normalized spacial score (nSPS) is 13.0. The van der Waals surface area contributed by atoms with Crippen LogP contribution in [0.25, 0.3) is 0 Å². The number of ether oxygens (including phenoxy) is 1. The van der Waals surface area contributed by atoms with E-state index in [1.807, 2.05) is 6.92 Å². The first kappa shape index (κ1) is 17.9. The summed E-state index contributed by atoms with van der Waals surface area (Å²) in [5.74, 6) is -0.0509. The number of anilines is 1. The van der Waals surface area contributed by atoms with Crippen LogP contribution in [0.4, 0.5) is 14.5 Å². The van der Waals surface area contributed by atoms with E-state index in [0.29, 0.717) is 5.11 Å². The van der Waals surface area contributed by atoms with Gasteiger partial charge in [-0.05, 0) is 36.7 Å². The second kappa shape index (κ2) is 7.22. The Balaban J connectivity index is 2.85. The van der Waals surface area contributed by atoms with Crippen molar-refractivity contribution in [1.29, 1.82) is 0 Å². The van der Waals surface area contributed by atoms with Gasteiger partial charge in [-0.2, -0.15) is 8.78 Å². The van der Waals surface area contributed by atoms with Crippen LogP contribution in [-0.2, 0) is 0 Å². The lowest BCUT2D eigenvalue weighted by Crippen LogP contribution is -2.43. The molecule has 1 rings (SSSR count). The zero-order valence-electron chi connectivity index (χ0n) is 12.3. The van der Waals surface area contributed by atoms with E-state index in [0.717, 1.165) is 0 Å². The minimum atomic E-state index is -2.93. The lowest BCUT2D eigenvalue weighted by atomic mass is 9.88. The van der Waals surface area contributed by atoms with Gasteiger partial charge in [0.1, 0.15) is 5.69 Å². The number of hydrogen-bond acceptors (Lipinski definition) is 2. The summed E-state index contributed by atoms with van der Waals surface area (Å²) in [6.07, 6.45) is 0. The molecule has 7 heteroatoms. The molecule has 0 aromatic heterocycles. The molecule has 0 unspecified atom stereocenters. The van der Waals surface area contributed by atoms with Crippen LogP contribution in [0.5, 0.6) is 5.75 Å². The third kappa shape index (κ3) is 5.63. The lowest BCUT2D eigenvalue weighted by Gasteiger charge is -2.29. The van der Waals surface area contributed by atoms with Gasteiger partial charge in [-0.3, -0.25) is 0 Å². The molecule has 0 fully saturated rings. The van der Waals surface area contributed by atoms with Gasteiger partial charge in [-0.25, -0.2) is 0 Å². The second-order valence-corrected chi connectivity index (χ2v) is 6.49. The van der Waals surface area contributed by atoms with Crippen LogP contribution >= 0.6 is 23.8 Å². The number of thiocarbonyl (C=S) groups is 1. The summed E-state index contributed by atoms with van der Waals surface area (Å²) in [6.45, 7) is 5.24. The Morgan fingerprint density at radius 1 is 1.33 bits per heavy atom. The highest BCUT2D eigenvalue weighted by Crippen LogP contribution is 2.33. The third-order valence-corrected chi connectivity index (χ3v) is 3.61. The van der Waals surface area contributed by atoms with Crippen molar-refractivity contribution in [1.82, 2.24) is 5.32 Å². The Hall–Kier alpha value is -1.14. The molecule has 21 heavy (non-hydrogen) atoms. The van der Waals surface area contributed by atoms with E-state index in [-0.39, 0.29) is 27.9 Å². The van der Waals surface area contributed by atoms with Crippen molar-refractivity contribution in [3.8, 4) is 5.75 Å². The quantitative estimate of drug-likeness (QED) is 0.783.